The molecule has 2 aromatic rings. The molecule has 0 bridgehead atoms. The van der Waals surface area contributed by atoms with Crippen LogP contribution in [0.2, 0.25) is 0 Å². The van der Waals surface area contributed by atoms with Crippen LogP contribution in [0.15, 0.2) is 48.5 Å². The third-order valence-corrected chi connectivity index (χ3v) is 4.07. The first-order valence-corrected chi connectivity index (χ1v) is 9.87. The molecule has 0 heterocycles. The summed E-state index contributed by atoms with van der Waals surface area (Å²) in [6.07, 6.45) is 0.872. The minimum atomic E-state index is -0.431. The highest BCUT2D eigenvalue weighted by molar-refractivity contribution is 5.92. The fourth-order valence-corrected chi connectivity index (χ4v) is 2.49. The molecule has 0 aliphatic rings. The van der Waals surface area contributed by atoms with Crippen LogP contribution < -0.4 is 20.1 Å². The SMILES string of the molecule is CCOc1ccc(Oc2ccccc2NC(=O)CCCNC(=O)C(C)(C)C)cc1. The normalized spacial score (nSPS) is 10.9. The van der Waals surface area contributed by atoms with Crippen LogP contribution in [-0.4, -0.2) is 25.0 Å². The number of hydrogen-bond donors (Lipinski definition) is 2. The van der Waals surface area contributed by atoms with Gasteiger partial charge in [-0.1, -0.05) is 32.9 Å². The van der Waals surface area contributed by atoms with Crippen molar-refractivity contribution in [1.29, 1.82) is 0 Å². The molecule has 2 rings (SSSR count). The Bertz CT molecular complexity index is 810. The molecule has 0 atom stereocenters. The molecule has 0 spiro atoms. The van der Waals surface area contributed by atoms with Crippen molar-refractivity contribution in [2.75, 3.05) is 18.5 Å². The largest absolute Gasteiger partial charge is 0.494 e. The first-order valence-electron chi connectivity index (χ1n) is 9.87. The van der Waals surface area contributed by atoms with E-state index in [4.69, 9.17) is 9.47 Å². The third-order valence-electron chi connectivity index (χ3n) is 4.07. The highest BCUT2D eigenvalue weighted by atomic mass is 16.5. The lowest BCUT2D eigenvalue weighted by Crippen LogP contribution is -2.35. The van der Waals surface area contributed by atoms with Crippen molar-refractivity contribution in [1.82, 2.24) is 5.32 Å². The van der Waals surface area contributed by atoms with E-state index in [0.29, 0.717) is 43.2 Å². The molecular formula is C23H30N2O4. The maximum Gasteiger partial charge on any atom is 0.225 e. The van der Waals surface area contributed by atoms with Gasteiger partial charge in [0.2, 0.25) is 11.8 Å². The van der Waals surface area contributed by atoms with Crippen molar-refractivity contribution >= 4 is 17.5 Å². The number of amides is 2. The van der Waals surface area contributed by atoms with Gasteiger partial charge in [-0.15, -0.1) is 0 Å². The number of benzene rings is 2. The molecule has 2 amide bonds. The van der Waals surface area contributed by atoms with Gasteiger partial charge < -0.3 is 20.1 Å². The number of carbonyl (C=O) groups is 2. The Hall–Kier alpha value is -3.02. The van der Waals surface area contributed by atoms with Crippen LogP contribution in [0, 0.1) is 5.41 Å². The summed E-state index contributed by atoms with van der Waals surface area (Å²) in [5.74, 6) is 1.84. The molecule has 6 heteroatoms. The monoisotopic (exact) mass is 398 g/mol. The van der Waals surface area contributed by atoms with Gasteiger partial charge in [-0.25, -0.2) is 0 Å². The van der Waals surface area contributed by atoms with E-state index in [1.54, 1.807) is 12.1 Å². The highest BCUT2D eigenvalue weighted by Gasteiger charge is 2.20. The fraction of sp³-hybridized carbons (Fsp3) is 0.391. The molecular weight excluding hydrogens is 368 g/mol. The molecule has 2 aromatic carbocycles. The zero-order valence-electron chi connectivity index (χ0n) is 17.6. The van der Waals surface area contributed by atoms with Crippen LogP contribution in [0.4, 0.5) is 5.69 Å². The molecule has 6 nitrogen and oxygen atoms in total. The molecule has 2 N–H and O–H groups in total. The summed E-state index contributed by atoms with van der Waals surface area (Å²) in [4.78, 5) is 24.1. The number of rotatable bonds is 9. The number of para-hydroxylation sites is 2. The maximum absolute atomic E-state index is 12.3. The predicted octanol–water partition coefficient (Wildman–Crippen LogP) is 4.76. The van der Waals surface area contributed by atoms with Gasteiger partial charge in [-0.3, -0.25) is 9.59 Å². The third kappa shape index (κ3) is 7.49. The van der Waals surface area contributed by atoms with E-state index in [-0.39, 0.29) is 11.8 Å². The molecule has 0 aromatic heterocycles. The van der Waals surface area contributed by atoms with Gasteiger partial charge in [0, 0.05) is 18.4 Å². The van der Waals surface area contributed by atoms with Crippen LogP contribution in [0.3, 0.4) is 0 Å². The number of anilines is 1. The average Bonchev–Trinajstić information content (AvgIpc) is 2.67. The summed E-state index contributed by atoms with van der Waals surface area (Å²) in [5.41, 5.74) is 0.171. The zero-order valence-corrected chi connectivity index (χ0v) is 17.6. The molecule has 0 aliphatic heterocycles. The van der Waals surface area contributed by atoms with Crippen LogP contribution in [0.25, 0.3) is 0 Å². The summed E-state index contributed by atoms with van der Waals surface area (Å²) in [5, 5.41) is 5.73. The first kappa shape index (κ1) is 22.3. The Morgan fingerprint density at radius 3 is 2.28 bits per heavy atom. The minimum absolute atomic E-state index is 0.0213. The van der Waals surface area contributed by atoms with E-state index >= 15 is 0 Å². The summed E-state index contributed by atoms with van der Waals surface area (Å²) >= 11 is 0. The lowest BCUT2D eigenvalue weighted by atomic mass is 9.96. The Balaban J connectivity index is 1.88. The molecule has 0 saturated carbocycles. The fourth-order valence-electron chi connectivity index (χ4n) is 2.49. The lowest BCUT2D eigenvalue weighted by Gasteiger charge is -2.17. The number of hydrogen-bond acceptors (Lipinski definition) is 4. The van der Waals surface area contributed by atoms with Crippen molar-refractivity contribution in [2.45, 2.75) is 40.5 Å². The molecule has 0 fully saturated rings. The first-order chi connectivity index (χ1) is 13.8. The maximum atomic E-state index is 12.3. The Kier molecular flexibility index (Phi) is 8.07. The van der Waals surface area contributed by atoms with E-state index in [1.165, 1.54) is 0 Å². The van der Waals surface area contributed by atoms with Crippen LogP contribution in [0.5, 0.6) is 17.2 Å². The molecule has 156 valence electrons. The van der Waals surface area contributed by atoms with Gasteiger partial charge in [-0.2, -0.15) is 0 Å². The summed E-state index contributed by atoms with van der Waals surface area (Å²) < 4.78 is 11.3. The van der Waals surface area contributed by atoms with Gasteiger partial charge in [-0.05, 0) is 49.7 Å². The Morgan fingerprint density at radius 2 is 1.62 bits per heavy atom. The number of nitrogens with one attached hydrogen (secondary N) is 2. The quantitative estimate of drug-likeness (QED) is 0.597. The van der Waals surface area contributed by atoms with Crippen molar-refractivity contribution in [3.05, 3.63) is 48.5 Å². The second-order valence-corrected chi connectivity index (χ2v) is 7.66. The zero-order chi connectivity index (χ0) is 21.3. The van der Waals surface area contributed by atoms with E-state index in [1.807, 2.05) is 64.1 Å². The van der Waals surface area contributed by atoms with Crippen molar-refractivity contribution in [2.24, 2.45) is 5.41 Å². The summed E-state index contributed by atoms with van der Waals surface area (Å²) in [6.45, 7) is 8.58. The lowest BCUT2D eigenvalue weighted by molar-refractivity contribution is -0.128. The van der Waals surface area contributed by atoms with Gasteiger partial charge in [0.05, 0.1) is 12.3 Å². The van der Waals surface area contributed by atoms with Gasteiger partial charge in [0.1, 0.15) is 11.5 Å². The smallest absolute Gasteiger partial charge is 0.225 e. The molecule has 29 heavy (non-hydrogen) atoms. The Labute approximate surface area is 172 Å². The average molecular weight is 399 g/mol. The second-order valence-electron chi connectivity index (χ2n) is 7.66. The summed E-state index contributed by atoms with van der Waals surface area (Å²) in [6, 6.07) is 14.6. The topological polar surface area (TPSA) is 76.7 Å². The number of carbonyl (C=O) groups excluding carboxylic acids is 2. The van der Waals surface area contributed by atoms with Crippen molar-refractivity contribution in [3.8, 4) is 17.2 Å². The van der Waals surface area contributed by atoms with Crippen LogP contribution in [-0.2, 0) is 9.59 Å². The van der Waals surface area contributed by atoms with Gasteiger partial charge in [0.25, 0.3) is 0 Å². The molecule has 0 aliphatic carbocycles. The summed E-state index contributed by atoms with van der Waals surface area (Å²) in [7, 11) is 0. The van der Waals surface area contributed by atoms with E-state index in [2.05, 4.69) is 10.6 Å². The van der Waals surface area contributed by atoms with E-state index in [0.717, 1.165) is 5.75 Å². The Morgan fingerprint density at radius 1 is 0.966 bits per heavy atom. The number of ether oxygens (including phenoxy) is 2. The molecule has 0 unspecified atom stereocenters. The second kappa shape index (κ2) is 10.5. The minimum Gasteiger partial charge on any atom is -0.494 e. The van der Waals surface area contributed by atoms with E-state index in [9.17, 15) is 9.59 Å². The van der Waals surface area contributed by atoms with Crippen molar-refractivity contribution < 1.29 is 19.1 Å². The molecule has 0 saturated heterocycles. The van der Waals surface area contributed by atoms with Crippen LogP contribution in [0.1, 0.15) is 40.5 Å². The predicted molar refractivity (Wildman–Crippen MR) is 114 cm³/mol. The highest BCUT2D eigenvalue weighted by Crippen LogP contribution is 2.30. The van der Waals surface area contributed by atoms with Crippen molar-refractivity contribution in [3.63, 3.8) is 0 Å². The van der Waals surface area contributed by atoms with Gasteiger partial charge >= 0.3 is 0 Å². The standard InChI is InChI=1S/C23H30N2O4/c1-5-28-17-12-14-18(15-13-17)29-20-10-7-6-9-19(20)25-21(26)11-8-16-24-22(27)23(2,3)4/h6-7,9-10,12-15H,5,8,11,16H2,1-4H3,(H,24,27)(H,25,26). The van der Waals surface area contributed by atoms with E-state index < -0.39 is 5.41 Å². The van der Waals surface area contributed by atoms with Crippen LogP contribution >= 0.6 is 0 Å². The molecule has 0 radical (unpaired) electrons. The van der Waals surface area contributed by atoms with Gasteiger partial charge in [0.15, 0.2) is 5.75 Å².